The maximum Gasteiger partial charge on any atom is 0.335 e. The topological polar surface area (TPSA) is 40.5 Å². The van der Waals surface area contributed by atoms with Gasteiger partial charge in [0.05, 0.1) is 5.56 Å². The van der Waals surface area contributed by atoms with E-state index in [0.717, 1.165) is 24.2 Å². The van der Waals surface area contributed by atoms with Crippen molar-refractivity contribution >= 4 is 29.7 Å². The fraction of sp³-hybridized carbons (Fsp3) is 0.381. The van der Waals surface area contributed by atoms with Gasteiger partial charge in [-0.25, -0.2) is 9.10 Å². The molecule has 1 heterocycles. The molecular weight excluding hydrogens is 362 g/mol. The molecule has 0 amide bonds. The summed E-state index contributed by atoms with van der Waals surface area (Å²) < 4.78 is 2.44. The first kappa shape index (κ1) is 19.3. The van der Waals surface area contributed by atoms with Gasteiger partial charge in [-0.2, -0.15) is 0 Å². The predicted molar refractivity (Wildman–Crippen MR) is 111 cm³/mol. The molecule has 3 rings (SSSR count). The molecule has 138 valence electrons. The molecule has 0 aromatic heterocycles. The van der Waals surface area contributed by atoms with Gasteiger partial charge in [0.15, 0.2) is 0 Å². The zero-order chi connectivity index (χ0) is 18.7. The van der Waals surface area contributed by atoms with Gasteiger partial charge in [0.1, 0.15) is 0 Å². The Bertz CT molecular complexity index is 799. The van der Waals surface area contributed by atoms with Crippen LogP contribution in [-0.2, 0) is 0 Å². The minimum Gasteiger partial charge on any atom is -0.478 e. The van der Waals surface area contributed by atoms with Crippen molar-refractivity contribution in [3.63, 3.8) is 0 Å². The van der Waals surface area contributed by atoms with E-state index < -0.39 is 5.97 Å². The summed E-state index contributed by atoms with van der Waals surface area (Å²) in [5, 5.41) is 9.33. The van der Waals surface area contributed by atoms with Gasteiger partial charge < -0.3 is 5.11 Å². The van der Waals surface area contributed by atoms with E-state index in [1.165, 1.54) is 28.2 Å². The Labute approximate surface area is 164 Å². The molecule has 0 radical (unpaired) electrons. The molecule has 0 aliphatic carbocycles. The highest BCUT2D eigenvalue weighted by molar-refractivity contribution is 7.98. The lowest BCUT2D eigenvalue weighted by Gasteiger charge is -2.21. The highest BCUT2D eigenvalue weighted by atomic mass is 32.2. The molecule has 26 heavy (non-hydrogen) atoms. The van der Waals surface area contributed by atoms with Gasteiger partial charge in [0.25, 0.3) is 0 Å². The Hall–Kier alpha value is -1.43. The van der Waals surface area contributed by atoms with Gasteiger partial charge in [-0.1, -0.05) is 26.0 Å². The molecule has 1 saturated heterocycles. The Balaban J connectivity index is 2.08. The molecule has 3 nitrogen and oxygen atoms in total. The third-order valence-corrected chi connectivity index (χ3v) is 6.62. The second-order valence-electron chi connectivity index (χ2n) is 6.86. The van der Waals surface area contributed by atoms with Crippen LogP contribution in [0.5, 0.6) is 0 Å². The van der Waals surface area contributed by atoms with E-state index in [1.807, 2.05) is 24.1 Å². The maximum atomic E-state index is 11.4. The first-order valence-electron chi connectivity index (χ1n) is 8.98. The van der Waals surface area contributed by atoms with Crippen molar-refractivity contribution in [2.45, 2.75) is 42.4 Å². The summed E-state index contributed by atoms with van der Waals surface area (Å²) in [5.74, 6) is -0.437. The van der Waals surface area contributed by atoms with Crippen LogP contribution in [0.3, 0.4) is 0 Å². The molecule has 5 heteroatoms. The summed E-state index contributed by atoms with van der Waals surface area (Å²) in [6, 6.07) is 11.8. The number of nitrogens with zero attached hydrogens (tertiary/aromatic N) is 1. The van der Waals surface area contributed by atoms with E-state index in [0.29, 0.717) is 11.5 Å². The molecular formula is C21H25NO2S2. The second kappa shape index (κ2) is 8.51. The predicted octanol–water partition coefficient (Wildman–Crippen LogP) is 6.00. The quantitative estimate of drug-likeness (QED) is 0.486. The lowest BCUT2D eigenvalue weighted by atomic mass is 9.97. The Morgan fingerprint density at radius 1 is 1.12 bits per heavy atom. The summed E-state index contributed by atoms with van der Waals surface area (Å²) in [6.07, 6.45) is 4.61. The van der Waals surface area contributed by atoms with Crippen molar-refractivity contribution in [2.24, 2.45) is 0 Å². The number of benzene rings is 2. The first-order valence-corrected chi connectivity index (χ1v) is 11.0. The van der Waals surface area contributed by atoms with E-state index in [9.17, 15) is 9.90 Å². The number of carboxylic acids is 1. The normalized spacial score (nSPS) is 14.9. The van der Waals surface area contributed by atoms with E-state index in [-0.39, 0.29) is 0 Å². The van der Waals surface area contributed by atoms with Crippen molar-refractivity contribution in [1.82, 2.24) is 4.31 Å². The zero-order valence-corrected chi connectivity index (χ0v) is 17.1. The van der Waals surface area contributed by atoms with Crippen LogP contribution in [-0.4, -0.2) is 34.7 Å². The third kappa shape index (κ3) is 4.27. The molecule has 1 aliphatic rings. The summed E-state index contributed by atoms with van der Waals surface area (Å²) in [4.78, 5) is 13.8. The van der Waals surface area contributed by atoms with Crippen molar-refractivity contribution in [1.29, 1.82) is 0 Å². The van der Waals surface area contributed by atoms with Crippen LogP contribution < -0.4 is 0 Å². The van der Waals surface area contributed by atoms with Crippen molar-refractivity contribution in [3.8, 4) is 11.1 Å². The van der Waals surface area contributed by atoms with Crippen molar-refractivity contribution in [2.75, 3.05) is 19.3 Å². The zero-order valence-electron chi connectivity index (χ0n) is 15.5. The van der Waals surface area contributed by atoms with Gasteiger partial charge in [-0.05, 0) is 77.9 Å². The number of hydrogen-bond donors (Lipinski definition) is 1. The van der Waals surface area contributed by atoms with E-state index in [1.54, 1.807) is 23.9 Å². The summed E-state index contributed by atoms with van der Waals surface area (Å²) in [6.45, 7) is 6.74. The van der Waals surface area contributed by atoms with Crippen LogP contribution in [0, 0.1) is 0 Å². The standard InChI is InChI=1S/C21H25NO2S2/c1-14(2)17-12-19(25-3)18(13-20(17)26-22-9-4-5-10-22)15-7-6-8-16(11-15)21(23)24/h6-8,11-14H,4-5,9-10H2,1-3H3,(H,23,24). The van der Waals surface area contributed by atoms with Crippen LogP contribution in [0.15, 0.2) is 46.2 Å². The molecule has 0 unspecified atom stereocenters. The van der Waals surface area contributed by atoms with E-state index >= 15 is 0 Å². The maximum absolute atomic E-state index is 11.4. The van der Waals surface area contributed by atoms with Crippen LogP contribution >= 0.6 is 23.7 Å². The van der Waals surface area contributed by atoms with Crippen LogP contribution in [0.4, 0.5) is 0 Å². The van der Waals surface area contributed by atoms with Gasteiger partial charge in [0.2, 0.25) is 0 Å². The lowest BCUT2D eigenvalue weighted by molar-refractivity contribution is 0.0697. The number of aromatic carboxylic acids is 1. The Kier molecular flexibility index (Phi) is 6.33. The van der Waals surface area contributed by atoms with Crippen LogP contribution in [0.2, 0.25) is 0 Å². The molecule has 1 aliphatic heterocycles. The number of carbonyl (C=O) groups is 1. The first-order chi connectivity index (χ1) is 12.5. The van der Waals surface area contributed by atoms with E-state index in [4.69, 9.17) is 0 Å². The third-order valence-electron chi connectivity index (χ3n) is 4.67. The van der Waals surface area contributed by atoms with E-state index in [2.05, 4.69) is 36.5 Å². The molecule has 0 bridgehead atoms. The van der Waals surface area contributed by atoms with Gasteiger partial charge in [-0.15, -0.1) is 11.8 Å². The fourth-order valence-corrected chi connectivity index (χ4v) is 5.17. The summed E-state index contributed by atoms with van der Waals surface area (Å²) in [7, 11) is 0. The van der Waals surface area contributed by atoms with Crippen molar-refractivity contribution < 1.29 is 9.90 Å². The highest BCUT2D eigenvalue weighted by Gasteiger charge is 2.19. The SMILES string of the molecule is CSc1cc(C(C)C)c(SN2CCCC2)cc1-c1cccc(C(=O)O)c1. The number of rotatable bonds is 6. The number of thioether (sulfide) groups is 1. The van der Waals surface area contributed by atoms with Gasteiger partial charge >= 0.3 is 5.97 Å². The minimum absolute atomic E-state index is 0.330. The largest absolute Gasteiger partial charge is 0.478 e. The monoisotopic (exact) mass is 387 g/mol. The summed E-state index contributed by atoms with van der Waals surface area (Å²) in [5.41, 5.74) is 3.78. The second-order valence-corrected chi connectivity index (χ2v) is 8.85. The molecule has 1 fully saturated rings. The molecule has 0 atom stereocenters. The average molecular weight is 388 g/mol. The van der Waals surface area contributed by atoms with Crippen molar-refractivity contribution in [3.05, 3.63) is 47.5 Å². The average Bonchev–Trinajstić information content (AvgIpc) is 3.14. The minimum atomic E-state index is -0.886. The number of hydrogen-bond acceptors (Lipinski definition) is 4. The molecule has 0 saturated carbocycles. The Morgan fingerprint density at radius 2 is 1.85 bits per heavy atom. The Morgan fingerprint density at radius 3 is 2.46 bits per heavy atom. The molecule has 0 spiro atoms. The number of carboxylic acid groups (broad SMARTS) is 1. The van der Waals surface area contributed by atoms with Gasteiger partial charge in [-0.3, -0.25) is 0 Å². The lowest BCUT2D eigenvalue weighted by Crippen LogP contribution is -2.10. The molecule has 2 aromatic rings. The molecule has 1 N–H and O–H groups in total. The molecule has 2 aromatic carbocycles. The smallest absolute Gasteiger partial charge is 0.335 e. The highest BCUT2D eigenvalue weighted by Crippen LogP contribution is 2.40. The fourth-order valence-electron chi connectivity index (χ4n) is 3.24. The van der Waals surface area contributed by atoms with Gasteiger partial charge in [0, 0.05) is 22.9 Å². The summed E-state index contributed by atoms with van der Waals surface area (Å²) >= 11 is 3.57. The van der Waals surface area contributed by atoms with Crippen LogP contribution in [0.1, 0.15) is 48.5 Å². The van der Waals surface area contributed by atoms with Crippen LogP contribution in [0.25, 0.3) is 11.1 Å².